The molecule has 6 nitrogen and oxygen atoms in total. The second-order valence-corrected chi connectivity index (χ2v) is 7.65. The van der Waals surface area contributed by atoms with E-state index in [1.165, 1.54) is 18.2 Å². The fourth-order valence-electron chi connectivity index (χ4n) is 4.18. The van der Waals surface area contributed by atoms with Crippen LogP contribution in [0.25, 0.3) is 0 Å². The van der Waals surface area contributed by atoms with Gasteiger partial charge in [0.15, 0.2) is 0 Å². The summed E-state index contributed by atoms with van der Waals surface area (Å²) in [7, 11) is 0. The fourth-order valence-corrected chi connectivity index (χ4v) is 4.18. The number of rotatable bonds is 6. The van der Waals surface area contributed by atoms with Crippen LogP contribution in [0.15, 0.2) is 24.3 Å². The van der Waals surface area contributed by atoms with E-state index in [0.29, 0.717) is 25.9 Å². The van der Waals surface area contributed by atoms with E-state index >= 15 is 0 Å². The van der Waals surface area contributed by atoms with Crippen molar-refractivity contribution in [2.24, 2.45) is 11.7 Å². The van der Waals surface area contributed by atoms with Gasteiger partial charge in [0.2, 0.25) is 5.91 Å². The highest BCUT2D eigenvalue weighted by Gasteiger charge is 2.37. The van der Waals surface area contributed by atoms with Crippen LogP contribution in [0.1, 0.15) is 48.9 Å². The molecule has 1 unspecified atom stereocenters. The van der Waals surface area contributed by atoms with Crippen LogP contribution in [0, 0.1) is 5.92 Å². The average Bonchev–Trinajstić information content (AvgIpc) is 3.16. The Morgan fingerprint density at radius 3 is 2.64 bits per heavy atom. The van der Waals surface area contributed by atoms with Crippen LogP contribution in [-0.2, 0) is 4.79 Å². The molecule has 1 atom stereocenters. The standard InChI is InChI=1S/C20H27F2N3O3/c21-19(22)28-16-8-2-1-7-15(16)18(27)25-11-5-6-14(12-25)17(26)24-20(13-23)9-3-4-10-20/h1-2,7-8,14,19H,3-6,9-13,23H2,(H,24,26). The largest absolute Gasteiger partial charge is 0.434 e. The molecule has 0 spiro atoms. The Labute approximate surface area is 163 Å². The number of carbonyl (C=O) groups excluding carboxylic acids is 2. The van der Waals surface area contributed by atoms with Crippen LogP contribution in [0.4, 0.5) is 8.78 Å². The number of nitrogens with two attached hydrogens (primary N) is 1. The summed E-state index contributed by atoms with van der Waals surface area (Å²) in [5, 5.41) is 3.12. The molecule has 1 aliphatic carbocycles. The van der Waals surface area contributed by atoms with E-state index in [4.69, 9.17) is 5.73 Å². The highest BCUT2D eigenvalue weighted by molar-refractivity contribution is 5.97. The first-order chi connectivity index (χ1) is 13.4. The molecule has 8 heteroatoms. The summed E-state index contributed by atoms with van der Waals surface area (Å²) in [6.07, 6.45) is 5.22. The Morgan fingerprint density at radius 1 is 1.25 bits per heavy atom. The van der Waals surface area contributed by atoms with E-state index in [1.807, 2.05) is 0 Å². The van der Waals surface area contributed by atoms with Crippen molar-refractivity contribution in [2.75, 3.05) is 19.6 Å². The number of carbonyl (C=O) groups is 2. The van der Waals surface area contributed by atoms with Gasteiger partial charge in [0, 0.05) is 19.6 Å². The highest BCUT2D eigenvalue weighted by atomic mass is 19.3. The maximum atomic E-state index is 12.9. The number of benzene rings is 1. The first-order valence-corrected chi connectivity index (χ1v) is 9.79. The summed E-state index contributed by atoms with van der Waals surface area (Å²) >= 11 is 0. The lowest BCUT2D eigenvalue weighted by molar-refractivity contribution is -0.128. The third-order valence-corrected chi connectivity index (χ3v) is 5.75. The van der Waals surface area contributed by atoms with Crippen molar-refractivity contribution < 1.29 is 23.1 Å². The molecule has 3 N–H and O–H groups in total. The first-order valence-electron chi connectivity index (χ1n) is 9.79. The zero-order chi connectivity index (χ0) is 20.1. The summed E-state index contributed by atoms with van der Waals surface area (Å²) in [5.41, 5.74) is 5.65. The van der Waals surface area contributed by atoms with Crippen molar-refractivity contribution >= 4 is 11.8 Å². The Hall–Kier alpha value is -2.22. The molecular weight excluding hydrogens is 368 g/mol. The summed E-state index contributed by atoms with van der Waals surface area (Å²) in [5.74, 6) is -0.961. The highest BCUT2D eigenvalue weighted by Crippen LogP contribution is 2.30. The molecule has 2 amide bonds. The van der Waals surface area contributed by atoms with Gasteiger partial charge in [-0.15, -0.1) is 0 Å². The molecule has 0 bridgehead atoms. The number of alkyl halides is 2. The SMILES string of the molecule is NCC1(NC(=O)C2CCCN(C(=O)c3ccccc3OC(F)F)C2)CCCC1. The lowest BCUT2D eigenvalue weighted by Gasteiger charge is -2.35. The number of piperidine rings is 1. The van der Waals surface area contributed by atoms with Gasteiger partial charge in [0.1, 0.15) is 5.75 Å². The zero-order valence-corrected chi connectivity index (χ0v) is 15.8. The molecular formula is C20H27F2N3O3. The summed E-state index contributed by atoms with van der Waals surface area (Å²) in [6.45, 7) is -1.86. The topological polar surface area (TPSA) is 84.7 Å². The average molecular weight is 395 g/mol. The number of hydrogen-bond donors (Lipinski definition) is 2. The van der Waals surface area contributed by atoms with Crippen LogP contribution >= 0.6 is 0 Å². The van der Waals surface area contributed by atoms with E-state index in [2.05, 4.69) is 10.1 Å². The molecule has 2 fully saturated rings. The van der Waals surface area contributed by atoms with E-state index in [0.717, 1.165) is 25.7 Å². The first kappa shape index (κ1) is 20.5. The molecule has 2 aliphatic rings. The van der Waals surface area contributed by atoms with Crippen molar-refractivity contribution in [3.63, 3.8) is 0 Å². The minimum atomic E-state index is -3.01. The van der Waals surface area contributed by atoms with E-state index in [1.54, 1.807) is 11.0 Å². The van der Waals surface area contributed by atoms with Gasteiger partial charge in [-0.1, -0.05) is 25.0 Å². The Bertz CT molecular complexity index is 708. The number of amides is 2. The smallest absolute Gasteiger partial charge is 0.387 e. The van der Waals surface area contributed by atoms with Crippen molar-refractivity contribution in [1.29, 1.82) is 0 Å². The normalized spacial score (nSPS) is 21.6. The molecule has 3 rings (SSSR count). The van der Waals surface area contributed by atoms with Crippen molar-refractivity contribution in [2.45, 2.75) is 50.7 Å². The Balaban J connectivity index is 1.68. The number of para-hydroxylation sites is 1. The lowest BCUT2D eigenvalue weighted by atomic mass is 9.92. The van der Waals surface area contributed by atoms with Crippen LogP contribution in [0.3, 0.4) is 0 Å². The predicted octanol–water partition coefficient (Wildman–Crippen LogP) is 2.53. The van der Waals surface area contributed by atoms with Gasteiger partial charge < -0.3 is 20.7 Å². The third-order valence-electron chi connectivity index (χ3n) is 5.75. The molecule has 1 saturated carbocycles. The van der Waals surface area contributed by atoms with Gasteiger partial charge in [-0.25, -0.2) is 0 Å². The number of hydrogen-bond acceptors (Lipinski definition) is 4. The monoisotopic (exact) mass is 395 g/mol. The van der Waals surface area contributed by atoms with Gasteiger partial charge in [-0.05, 0) is 37.8 Å². The number of nitrogens with one attached hydrogen (secondary N) is 1. The fraction of sp³-hybridized carbons (Fsp3) is 0.600. The van der Waals surface area contributed by atoms with Gasteiger partial charge in [-0.3, -0.25) is 9.59 Å². The molecule has 1 heterocycles. The molecule has 1 aromatic rings. The van der Waals surface area contributed by atoms with Gasteiger partial charge >= 0.3 is 6.61 Å². The molecule has 28 heavy (non-hydrogen) atoms. The van der Waals surface area contributed by atoms with E-state index in [-0.39, 0.29) is 35.2 Å². The minimum absolute atomic E-state index is 0.0815. The molecule has 154 valence electrons. The Morgan fingerprint density at radius 2 is 1.96 bits per heavy atom. The zero-order valence-electron chi connectivity index (χ0n) is 15.8. The maximum absolute atomic E-state index is 12.9. The number of nitrogens with zero attached hydrogens (tertiary/aromatic N) is 1. The van der Waals surface area contributed by atoms with Crippen molar-refractivity contribution in [1.82, 2.24) is 10.2 Å². The van der Waals surface area contributed by atoms with Crippen LogP contribution in [-0.4, -0.2) is 48.5 Å². The quantitative estimate of drug-likeness (QED) is 0.775. The van der Waals surface area contributed by atoms with Crippen molar-refractivity contribution in [3.05, 3.63) is 29.8 Å². The Kier molecular flexibility index (Phi) is 6.49. The van der Waals surface area contributed by atoms with Crippen LogP contribution in [0.2, 0.25) is 0 Å². The van der Waals surface area contributed by atoms with Crippen molar-refractivity contribution in [3.8, 4) is 5.75 Å². The van der Waals surface area contributed by atoms with Gasteiger partial charge in [-0.2, -0.15) is 8.78 Å². The predicted molar refractivity (Wildman–Crippen MR) is 100 cm³/mol. The third kappa shape index (κ3) is 4.60. The lowest BCUT2D eigenvalue weighted by Crippen LogP contribution is -2.55. The van der Waals surface area contributed by atoms with Crippen LogP contribution < -0.4 is 15.8 Å². The second-order valence-electron chi connectivity index (χ2n) is 7.65. The number of halogens is 2. The molecule has 0 aromatic heterocycles. The molecule has 1 aliphatic heterocycles. The maximum Gasteiger partial charge on any atom is 0.387 e. The molecule has 1 aromatic carbocycles. The van der Waals surface area contributed by atoms with Gasteiger partial charge in [0.05, 0.1) is 17.0 Å². The summed E-state index contributed by atoms with van der Waals surface area (Å²) < 4.78 is 29.7. The molecule has 1 saturated heterocycles. The van der Waals surface area contributed by atoms with E-state index < -0.39 is 12.5 Å². The number of ether oxygens (including phenoxy) is 1. The van der Waals surface area contributed by atoms with E-state index in [9.17, 15) is 18.4 Å². The second kappa shape index (κ2) is 8.86. The molecule has 0 radical (unpaired) electrons. The number of likely N-dealkylation sites (tertiary alicyclic amines) is 1. The van der Waals surface area contributed by atoms with Gasteiger partial charge in [0.25, 0.3) is 5.91 Å². The van der Waals surface area contributed by atoms with Crippen LogP contribution in [0.5, 0.6) is 5.75 Å². The minimum Gasteiger partial charge on any atom is -0.434 e. The summed E-state index contributed by atoms with van der Waals surface area (Å²) in [6, 6.07) is 5.95. The summed E-state index contributed by atoms with van der Waals surface area (Å²) in [4.78, 5) is 27.2.